The van der Waals surface area contributed by atoms with E-state index in [1.54, 1.807) is 34.8 Å². The minimum absolute atomic E-state index is 0.366. The van der Waals surface area contributed by atoms with Crippen molar-refractivity contribution in [1.82, 2.24) is 58.1 Å². The molecule has 16 rings (SSSR count). The van der Waals surface area contributed by atoms with E-state index in [1.807, 2.05) is 60.1 Å². The van der Waals surface area contributed by atoms with E-state index in [0.717, 1.165) is 178 Å². The van der Waals surface area contributed by atoms with E-state index in [9.17, 15) is 10.2 Å². The molecule has 0 saturated heterocycles. The van der Waals surface area contributed by atoms with E-state index in [2.05, 4.69) is 291 Å². The highest BCUT2D eigenvalue weighted by molar-refractivity contribution is 6.11. The van der Waals surface area contributed by atoms with E-state index in [4.69, 9.17) is 41.1 Å². The number of rotatable bonds is 29. The first kappa shape index (κ1) is 85.4. The number of benzene rings is 8. The van der Waals surface area contributed by atoms with E-state index >= 15 is 0 Å². The largest absolute Gasteiger partial charge is 0.389 e. The van der Waals surface area contributed by atoms with Gasteiger partial charge in [0.1, 0.15) is 22.1 Å². The van der Waals surface area contributed by atoms with Gasteiger partial charge in [-0.1, -0.05) is 229 Å². The van der Waals surface area contributed by atoms with Crippen LogP contribution in [0.4, 0.5) is 47.1 Å². The number of para-hydroxylation sites is 4. The molecule has 0 radical (unpaired) electrons. The van der Waals surface area contributed by atoms with Gasteiger partial charge in [0.15, 0.2) is 23.3 Å². The molecule has 0 saturated carbocycles. The molecule has 0 atom stereocenters. The van der Waals surface area contributed by atoms with Gasteiger partial charge in [-0.2, -0.15) is 0 Å². The Morgan fingerprint density at radius 1 is 0.392 bits per heavy atom. The summed E-state index contributed by atoms with van der Waals surface area (Å²) in [5, 5.41) is 31.8. The fraction of sp³-hybridized carbons (Fsp3) is 0.340. The quantitative estimate of drug-likeness (QED) is 0.0254. The summed E-state index contributed by atoms with van der Waals surface area (Å²) in [5.41, 5.74) is 26.1. The number of hydrogen-bond acceptors (Lipinski definition) is 19. The van der Waals surface area contributed by atoms with Crippen molar-refractivity contribution in [1.29, 1.82) is 0 Å². The smallest absolute Gasteiger partial charge is 0.206 e. The highest BCUT2D eigenvalue weighted by Gasteiger charge is 2.30. The molecule has 624 valence electrons. The molecular formula is C97H118N20O3. The zero-order valence-electron chi connectivity index (χ0n) is 72.4. The first-order chi connectivity index (χ1) is 57.7. The number of aliphatic hydroxyl groups is 2. The molecule has 23 heteroatoms. The van der Waals surface area contributed by atoms with E-state index in [0.29, 0.717) is 54.2 Å². The summed E-state index contributed by atoms with van der Waals surface area (Å²) in [6.45, 7) is 30.2. The molecule has 0 fully saturated rings. The molecular weight excluding hydrogens is 1490 g/mol. The molecule has 8 N–H and O–H groups in total. The number of aromatic nitrogens is 12. The second kappa shape index (κ2) is 37.7. The minimum atomic E-state index is -0.866. The van der Waals surface area contributed by atoms with Crippen LogP contribution in [0.15, 0.2) is 218 Å². The molecule has 8 heterocycles. The Bertz CT molecular complexity index is 6030. The number of fused-ring (bicyclic) bond motifs is 12. The van der Waals surface area contributed by atoms with Crippen molar-refractivity contribution in [2.45, 2.75) is 165 Å². The van der Waals surface area contributed by atoms with Crippen molar-refractivity contribution in [3.63, 3.8) is 0 Å². The lowest BCUT2D eigenvalue weighted by Gasteiger charge is -2.26. The third kappa shape index (κ3) is 19.9. The Kier molecular flexibility index (Phi) is 26.8. The lowest BCUT2D eigenvalue weighted by atomic mass is 10.1. The van der Waals surface area contributed by atoms with E-state index in [-0.39, 0.29) is 5.60 Å². The fourth-order valence-corrected chi connectivity index (χ4v) is 15.4. The molecule has 0 aliphatic heterocycles. The zero-order valence-corrected chi connectivity index (χ0v) is 72.4. The standard InChI is InChI=1S/C32H37N5O.C30H33N5.C18H25N5O.C17H23N5O/c1-5-20-33-31-35-28-29(37(31)23-32(2,3)38-4)26-18-12-13-19-27(26)34-30(28)36(21-24-14-8-6-9-15-24)22-25-16-10-7-11-17-25;1-22(2)19-35-28-25-17-11-12-18-26(25)31-29(27(28)32-30(35)33(3)4)34(20-23-13-7-5-8-14-23)21-24-15-9-6-10-16-24;1-5-10-22(4)17-21-14-15(23(17)11-18(2,3)24)12-8-6-7-9-13(12)20-16(14)19;1-4-9-19-16-21-13-14(22(16)10-17(2,3)23)11-7-5-6-8-12(11)20-15(13)18/h6-19H,5,20-23H2,1-4H3,(H,33,35);5-18,22H,19-21H2,1-4H3;6-9,24H,5,10-11H2,1-4H3,(H2,19,20);5-8,23H,4,9-10H2,1-3H3,(H2,18,20)(H,19,21). The highest BCUT2D eigenvalue weighted by Crippen LogP contribution is 2.40. The maximum atomic E-state index is 10.4. The van der Waals surface area contributed by atoms with E-state index in [1.165, 1.54) is 22.3 Å². The average molecular weight is 1610 g/mol. The van der Waals surface area contributed by atoms with Gasteiger partial charge < -0.3 is 74.9 Å². The van der Waals surface area contributed by atoms with Gasteiger partial charge in [0.25, 0.3) is 0 Å². The number of anilines is 8. The van der Waals surface area contributed by atoms with Crippen LogP contribution in [0.2, 0.25) is 0 Å². The van der Waals surface area contributed by atoms with Crippen molar-refractivity contribution >= 4 is 135 Å². The van der Waals surface area contributed by atoms with Crippen LogP contribution < -0.4 is 41.7 Å². The molecule has 16 aromatic rings. The Labute approximate surface area is 704 Å². The normalized spacial score (nSPS) is 11.8. The summed E-state index contributed by atoms with van der Waals surface area (Å²) in [4.78, 5) is 48.1. The maximum absolute atomic E-state index is 10.4. The number of ether oxygens (including phenoxy) is 1. The SMILES string of the molecule is CC(C)Cn1c(N(C)C)nc2c(N(Cc3ccccc3)Cc3ccccc3)nc3ccccc3c21.CCCN(C)c1nc2c(N)nc3ccccc3c2n1CC(C)(C)O.CCCNc1nc2c(N(Cc3ccccc3)Cc3ccccc3)nc3ccccc3c2n1CC(C)(C)OC.CCCNc1nc2c(N)nc3ccccc3c2n1CC(C)(C)O. The Hall–Kier alpha value is -12.4. The van der Waals surface area contributed by atoms with Crippen LogP contribution >= 0.6 is 0 Å². The van der Waals surface area contributed by atoms with Crippen molar-refractivity contribution in [3.8, 4) is 0 Å². The second-order valence-corrected chi connectivity index (χ2v) is 33.6. The molecule has 0 unspecified atom stereocenters. The zero-order chi connectivity index (χ0) is 85.0. The number of imidazole rings is 4. The predicted molar refractivity (Wildman–Crippen MR) is 498 cm³/mol. The minimum Gasteiger partial charge on any atom is -0.389 e. The summed E-state index contributed by atoms with van der Waals surface area (Å²) in [5.74, 6) is 6.48. The first-order valence-electron chi connectivity index (χ1n) is 41.9. The number of methoxy groups -OCH3 is 1. The lowest BCUT2D eigenvalue weighted by Crippen LogP contribution is -2.29. The Balaban J connectivity index is 0.000000141. The molecule has 120 heavy (non-hydrogen) atoms. The van der Waals surface area contributed by atoms with Gasteiger partial charge in [-0.3, -0.25) is 0 Å². The number of nitrogens with one attached hydrogen (secondary N) is 2. The average Bonchev–Trinajstić information content (AvgIpc) is 1.58. The van der Waals surface area contributed by atoms with Crippen LogP contribution in [0.5, 0.6) is 0 Å². The summed E-state index contributed by atoms with van der Waals surface area (Å²) < 4.78 is 14.6. The van der Waals surface area contributed by atoms with Crippen LogP contribution in [0.25, 0.3) is 87.7 Å². The van der Waals surface area contributed by atoms with Crippen LogP contribution in [-0.2, 0) is 57.1 Å². The van der Waals surface area contributed by atoms with Crippen molar-refractivity contribution in [3.05, 3.63) is 241 Å². The maximum Gasteiger partial charge on any atom is 0.206 e. The molecule has 0 aliphatic rings. The van der Waals surface area contributed by atoms with Crippen molar-refractivity contribution in [2.75, 3.05) is 89.6 Å². The third-order valence-corrected chi connectivity index (χ3v) is 20.9. The molecule has 0 spiro atoms. The number of hydrogen-bond donors (Lipinski definition) is 6. The van der Waals surface area contributed by atoms with Gasteiger partial charge in [-0.15, -0.1) is 0 Å². The third-order valence-electron chi connectivity index (χ3n) is 20.9. The summed E-state index contributed by atoms with van der Waals surface area (Å²) in [6.07, 6.45) is 3.01. The topological polar surface area (TPSA) is 262 Å². The summed E-state index contributed by atoms with van der Waals surface area (Å²) in [6, 6.07) is 75.0. The lowest BCUT2D eigenvalue weighted by molar-refractivity contribution is 0.00946. The molecule has 0 aliphatic carbocycles. The summed E-state index contributed by atoms with van der Waals surface area (Å²) >= 11 is 0. The Morgan fingerprint density at radius 3 is 1.09 bits per heavy atom. The number of pyridine rings is 4. The monoisotopic (exact) mass is 1610 g/mol. The number of nitrogen functional groups attached to an aromatic ring is 2. The molecule has 23 nitrogen and oxygen atoms in total. The van der Waals surface area contributed by atoms with Crippen molar-refractivity contribution < 1.29 is 14.9 Å². The van der Waals surface area contributed by atoms with Gasteiger partial charge >= 0.3 is 0 Å². The second-order valence-electron chi connectivity index (χ2n) is 33.6. The highest BCUT2D eigenvalue weighted by atomic mass is 16.5. The van der Waals surface area contributed by atoms with Crippen molar-refractivity contribution in [2.24, 2.45) is 5.92 Å². The van der Waals surface area contributed by atoms with Gasteiger partial charge in [0, 0.05) is 102 Å². The van der Waals surface area contributed by atoms with Gasteiger partial charge in [-0.05, 0) is 113 Å². The number of nitrogens with zero attached hydrogens (tertiary/aromatic N) is 16. The van der Waals surface area contributed by atoms with E-state index < -0.39 is 11.2 Å². The molecule has 8 aromatic carbocycles. The summed E-state index contributed by atoms with van der Waals surface area (Å²) in [7, 11) is 7.92. The fourth-order valence-electron chi connectivity index (χ4n) is 15.4. The first-order valence-corrected chi connectivity index (χ1v) is 41.9. The van der Waals surface area contributed by atoms with Crippen LogP contribution in [0, 0.1) is 5.92 Å². The predicted octanol–water partition coefficient (Wildman–Crippen LogP) is 19.1. The van der Waals surface area contributed by atoms with Crippen LogP contribution in [-0.4, -0.2) is 133 Å². The van der Waals surface area contributed by atoms with Gasteiger partial charge in [-0.25, -0.2) is 39.9 Å². The molecule has 0 bridgehead atoms. The molecule has 0 amide bonds. The van der Waals surface area contributed by atoms with Gasteiger partial charge in [0.2, 0.25) is 23.8 Å². The van der Waals surface area contributed by atoms with Crippen LogP contribution in [0.3, 0.4) is 0 Å². The van der Waals surface area contributed by atoms with Gasteiger partial charge in [0.05, 0.1) is 80.6 Å². The number of nitrogens with two attached hydrogens (primary N) is 2. The molecule has 8 aromatic heterocycles. The Morgan fingerprint density at radius 2 is 0.717 bits per heavy atom. The van der Waals surface area contributed by atoms with Crippen LogP contribution in [0.1, 0.15) is 118 Å².